The van der Waals surface area contributed by atoms with Crippen molar-refractivity contribution < 1.29 is 23.8 Å². The van der Waals surface area contributed by atoms with E-state index in [-0.39, 0.29) is 6.42 Å². The molecule has 6 heteroatoms. The number of hydrogen-bond donors (Lipinski definition) is 2. The normalized spacial score (nSPS) is 14.1. The molecule has 0 radical (unpaired) electrons. The second-order valence-corrected chi connectivity index (χ2v) is 6.07. The molecular weight excluding hydrogens is 277 g/mol. The molecule has 0 fully saturated rings. The van der Waals surface area contributed by atoms with Gasteiger partial charge in [-0.15, -0.1) is 0 Å². The van der Waals surface area contributed by atoms with E-state index >= 15 is 0 Å². The van der Waals surface area contributed by atoms with Gasteiger partial charge in [0.25, 0.3) is 0 Å². The summed E-state index contributed by atoms with van der Waals surface area (Å²) in [6, 6.07) is 5.44. The molecule has 0 spiro atoms. The molecule has 116 valence electrons. The quantitative estimate of drug-likeness (QED) is 0.896. The first-order chi connectivity index (χ1) is 9.52. The summed E-state index contributed by atoms with van der Waals surface area (Å²) in [5.41, 5.74) is -1.67. The summed E-state index contributed by atoms with van der Waals surface area (Å²) in [6.45, 7) is 6.43. The Morgan fingerprint density at radius 3 is 2.14 bits per heavy atom. The average molecular weight is 297 g/mol. The number of carboxylic acids is 1. The number of carbonyl (C=O) groups is 2. The summed E-state index contributed by atoms with van der Waals surface area (Å²) in [5, 5.41) is 11.7. The number of benzene rings is 1. The third-order valence-corrected chi connectivity index (χ3v) is 2.72. The van der Waals surface area contributed by atoms with Crippen molar-refractivity contribution in [3.05, 3.63) is 35.6 Å². The lowest BCUT2D eigenvalue weighted by Gasteiger charge is -2.28. The Morgan fingerprint density at radius 1 is 1.19 bits per heavy atom. The fourth-order valence-corrected chi connectivity index (χ4v) is 1.71. The van der Waals surface area contributed by atoms with Crippen molar-refractivity contribution in [1.29, 1.82) is 0 Å². The fraction of sp³-hybridized carbons (Fsp3) is 0.467. The lowest BCUT2D eigenvalue weighted by Crippen LogP contribution is -2.54. The van der Waals surface area contributed by atoms with Gasteiger partial charge in [-0.3, -0.25) is 0 Å². The van der Waals surface area contributed by atoms with E-state index in [0.29, 0.717) is 5.56 Å². The Kier molecular flexibility index (Phi) is 4.93. The van der Waals surface area contributed by atoms with Crippen LogP contribution >= 0.6 is 0 Å². The summed E-state index contributed by atoms with van der Waals surface area (Å²) in [6.07, 6.45) is -0.795. The highest BCUT2D eigenvalue weighted by Crippen LogP contribution is 2.16. The number of ether oxygens (including phenoxy) is 1. The van der Waals surface area contributed by atoms with Crippen LogP contribution < -0.4 is 5.32 Å². The Labute approximate surface area is 123 Å². The molecule has 1 aromatic rings. The molecule has 0 aliphatic heterocycles. The zero-order valence-corrected chi connectivity index (χ0v) is 12.6. The molecule has 5 nitrogen and oxygen atoms in total. The summed E-state index contributed by atoms with van der Waals surface area (Å²) in [5.74, 6) is -1.60. The van der Waals surface area contributed by atoms with Gasteiger partial charge in [0.1, 0.15) is 17.0 Å². The molecule has 0 aliphatic rings. The molecule has 0 saturated heterocycles. The van der Waals surface area contributed by atoms with E-state index in [1.807, 2.05) is 0 Å². The molecule has 0 bridgehead atoms. The minimum atomic E-state index is -1.54. The number of nitrogens with one attached hydrogen (secondary N) is 1. The van der Waals surface area contributed by atoms with Crippen LogP contribution in [-0.2, 0) is 16.0 Å². The molecule has 0 saturated carbocycles. The van der Waals surface area contributed by atoms with Crippen LogP contribution in [0.2, 0.25) is 0 Å². The van der Waals surface area contributed by atoms with Crippen LogP contribution in [-0.4, -0.2) is 28.3 Å². The molecule has 0 aliphatic carbocycles. The number of rotatable bonds is 4. The van der Waals surface area contributed by atoms with Gasteiger partial charge in [-0.1, -0.05) is 12.1 Å². The van der Waals surface area contributed by atoms with Crippen molar-refractivity contribution in [3.8, 4) is 0 Å². The third kappa shape index (κ3) is 5.41. The van der Waals surface area contributed by atoms with E-state index < -0.39 is 29.0 Å². The van der Waals surface area contributed by atoms with Gasteiger partial charge in [-0.2, -0.15) is 0 Å². The van der Waals surface area contributed by atoms with Crippen molar-refractivity contribution in [2.24, 2.45) is 0 Å². The maximum absolute atomic E-state index is 12.9. The van der Waals surface area contributed by atoms with Gasteiger partial charge in [0.15, 0.2) is 0 Å². The third-order valence-electron chi connectivity index (χ3n) is 2.72. The van der Waals surface area contributed by atoms with E-state index in [0.717, 1.165) is 0 Å². The lowest BCUT2D eigenvalue weighted by molar-refractivity contribution is -0.144. The largest absolute Gasteiger partial charge is 0.480 e. The Hall–Kier alpha value is -2.11. The smallest absolute Gasteiger partial charge is 0.408 e. The van der Waals surface area contributed by atoms with Crippen LogP contribution in [0.1, 0.15) is 33.3 Å². The monoisotopic (exact) mass is 297 g/mol. The topological polar surface area (TPSA) is 75.6 Å². The maximum Gasteiger partial charge on any atom is 0.408 e. The molecule has 1 atom stereocenters. The molecule has 1 amide bonds. The first-order valence-electron chi connectivity index (χ1n) is 6.51. The van der Waals surface area contributed by atoms with Crippen molar-refractivity contribution in [1.82, 2.24) is 5.32 Å². The average Bonchev–Trinajstić information content (AvgIpc) is 2.29. The summed E-state index contributed by atoms with van der Waals surface area (Å²) >= 11 is 0. The van der Waals surface area contributed by atoms with E-state index in [4.69, 9.17) is 4.74 Å². The molecule has 2 N–H and O–H groups in total. The first-order valence-corrected chi connectivity index (χ1v) is 6.51. The van der Waals surface area contributed by atoms with Gasteiger partial charge in [-0.25, -0.2) is 14.0 Å². The molecular formula is C15H20FNO4. The number of carboxylic acid groups (broad SMARTS) is 1. The van der Waals surface area contributed by atoms with E-state index in [9.17, 15) is 19.1 Å². The lowest BCUT2D eigenvalue weighted by atomic mass is 9.93. The number of aliphatic carboxylic acids is 1. The van der Waals surface area contributed by atoms with Crippen LogP contribution in [0.3, 0.4) is 0 Å². The fourth-order valence-electron chi connectivity index (χ4n) is 1.71. The van der Waals surface area contributed by atoms with E-state index in [1.165, 1.54) is 31.2 Å². The second-order valence-electron chi connectivity index (χ2n) is 6.07. The van der Waals surface area contributed by atoms with Gasteiger partial charge in [0.05, 0.1) is 0 Å². The molecule has 1 rings (SSSR count). The van der Waals surface area contributed by atoms with E-state index in [1.54, 1.807) is 20.8 Å². The highest BCUT2D eigenvalue weighted by molar-refractivity contribution is 5.84. The van der Waals surface area contributed by atoms with Crippen molar-refractivity contribution in [2.45, 2.75) is 45.3 Å². The minimum Gasteiger partial charge on any atom is -0.480 e. The highest BCUT2D eigenvalue weighted by atomic mass is 19.1. The number of alkyl carbamates (subject to hydrolysis) is 1. The van der Waals surface area contributed by atoms with Gasteiger partial charge in [-0.05, 0) is 45.4 Å². The van der Waals surface area contributed by atoms with Crippen molar-refractivity contribution in [2.75, 3.05) is 0 Å². The maximum atomic E-state index is 12.9. The number of halogens is 1. The Morgan fingerprint density at radius 2 is 1.71 bits per heavy atom. The van der Waals surface area contributed by atoms with Crippen molar-refractivity contribution >= 4 is 12.1 Å². The van der Waals surface area contributed by atoms with Crippen LogP contribution in [0.5, 0.6) is 0 Å². The van der Waals surface area contributed by atoms with Crippen LogP contribution in [0, 0.1) is 5.82 Å². The summed E-state index contributed by atoms with van der Waals surface area (Å²) < 4.78 is 17.9. The Balaban J connectivity index is 2.86. The SMILES string of the molecule is CC(C)(C)OC(=O)NC(C)(Cc1ccc(F)cc1)C(=O)O. The molecule has 1 unspecified atom stereocenters. The predicted molar refractivity (Wildman–Crippen MR) is 75.5 cm³/mol. The zero-order valence-electron chi connectivity index (χ0n) is 12.6. The number of carbonyl (C=O) groups excluding carboxylic acids is 1. The predicted octanol–water partition coefficient (Wildman–Crippen LogP) is 2.74. The summed E-state index contributed by atoms with van der Waals surface area (Å²) in [4.78, 5) is 23.2. The van der Waals surface area contributed by atoms with Crippen molar-refractivity contribution in [3.63, 3.8) is 0 Å². The molecule has 1 aromatic carbocycles. The Bertz CT molecular complexity index is 521. The molecule has 21 heavy (non-hydrogen) atoms. The number of hydrogen-bond acceptors (Lipinski definition) is 3. The number of amides is 1. The van der Waals surface area contributed by atoms with Gasteiger partial charge in [0.2, 0.25) is 0 Å². The minimum absolute atomic E-state index is 0.0157. The molecule has 0 aromatic heterocycles. The second kappa shape index (κ2) is 6.11. The van der Waals surface area contributed by atoms with Gasteiger partial charge < -0.3 is 15.2 Å². The van der Waals surface area contributed by atoms with Crippen LogP contribution in [0.25, 0.3) is 0 Å². The zero-order chi connectivity index (χ0) is 16.3. The van der Waals surface area contributed by atoms with Gasteiger partial charge in [0, 0.05) is 6.42 Å². The van der Waals surface area contributed by atoms with Crippen LogP contribution in [0.15, 0.2) is 24.3 Å². The van der Waals surface area contributed by atoms with Gasteiger partial charge >= 0.3 is 12.1 Å². The highest BCUT2D eigenvalue weighted by Gasteiger charge is 2.36. The first kappa shape index (κ1) is 16.9. The van der Waals surface area contributed by atoms with Crippen LogP contribution in [0.4, 0.5) is 9.18 Å². The summed E-state index contributed by atoms with van der Waals surface area (Å²) in [7, 11) is 0. The van der Waals surface area contributed by atoms with E-state index in [2.05, 4.69) is 5.32 Å². The molecule has 0 heterocycles. The standard InChI is InChI=1S/C15H20FNO4/c1-14(2,3)21-13(20)17-15(4,12(18)19)9-10-5-7-11(16)8-6-10/h5-8H,9H2,1-4H3,(H,17,20)(H,18,19).